The molecule has 0 amide bonds. The second kappa shape index (κ2) is 7.00. The van der Waals surface area contributed by atoms with Crippen molar-refractivity contribution >= 4 is 0 Å². The van der Waals surface area contributed by atoms with Crippen LogP contribution in [-0.2, 0) is 18.5 Å². The lowest BCUT2D eigenvalue weighted by Gasteiger charge is -2.17. The standard InChI is InChI=1S/C17H25N3O3/c1-17(2,3)16-18-15(23-19-16)11-20(4)10-12-7-8-13(21-5)9-14(12)22-6/h7-9H,10-11H2,1-6H3. The van der Waals surface area contributed by atoms with Gasteiger partial charge in [-0.2, -0.15) is 4.98 Å². The third-order valence-corrected chi connectivity index (χ3v) is 3.48. The van der Waals surface area contributed by atoms with Crippen LogP contribution in [0, 0.1) is 0 Å². The molecule has 6 nitrogen and oxygen atoms in total. The van der Waals surface area contributed by atoms with Gasteiger partial charge in [-0.15, -0.1) is 0 Å². The Morgan fingerprint density at radius 2 is 1.87 bits per heavy atom. The van der Waals surface area contributed by atoms with Gasteiger partial charge in [0.1, 0.15) is 11.5 Å². The molecule has 6 heteroatoms. The van der Waals surface area contributed by atoms with Crippen molar-refractivity contribution in [3.05, 3.63) is 35.5 Å². The molecule has 1 aromatic heterocycles. The Labute approximate surface area is 137 Å². The molecule has 0 spiro atoms. The Kier molecular flexibility index (Phi) is 5.26. The van der Waals surface area contributed by atoms with Gasteiger partial charge in [0.05, 0.1) is 20.8 Å². The average Bonchev–Trinajstić information content (AvgIpc) is 2.96. The summed E-state index contributed by atoms with van der Waals surface area (Å²) in [6.07, 6.45) is 0. The van der Waals surface area contributed by atoms with Crippen LogP contribution in [0.4, 0.5) is 0 Å². The summed E-state index contributed by atoms with van der Waals surface area (Å²) in [4.78, 5) is 6.56. The summed E-state index contributed by atoms with van der Waals surface area (Å²) >= 11 is 0. The topological polar surface area (TPSA) is 60.6 Å². The van der Waals surface area contributed by atoms with E-state index >= 15 is 0 Å². The minimum absolute atomic E-state index is 0.112. The molecule has 0 aliphatic rings. The van der Waals surface area contributed by atoms with Crippen LogP contribution < -0.4 is 9.47 Å². The fourth-order valence-corrected chi connectivity index (χ4v) is 2.18. The smallest absolute Gasteiger partial charge is 0.240 e. The summed E-state index contributed by atoms with van der Waals surface area (Å²) in [5.41, 5.74) is 0.964. The maximum atomic E-state index is 5.43. The Balaban J connectivity index is 2.05. The van der Waals surface area contributed by atoms with Crippen LogP contribution >= 0.6 is 0 Å². The molecule has 0 saturated heterocycles. The van der Waals surface area contributed by atoms with E-state index in [1.807, 2.05) is 25.2 Å². The number of hydrogen-bond donors (Lipinski definition) is 0. The van der Waals surface area contributed by atoms with Gasteiger partial charge < -0.3 is 14.0 Å². The summed E-state index contributed by atoms with van der Waals surface area (Å²) < 4.78 is 16.0. The SMILES string of the molecule is COc1ccc(CN(C)Cc2nc(C(C)(C)C)no2)c(OC)c1. The van der Waals surface area contributed by atoms with Crippen molar-refractivity contribution in [2.45, 2.75) is 39.3 Å². The molecule has 2 rings (SSSR count). The van der Waals surface area contributed by atoms with Gasteiger partial charge in [-0.25, -0.2) is 0 Å². The normalized spacial score (nSPS) is 11.8. The van der Waals surface area contributed by atoms with Crippen LogP contribution in [0.2, 0.25) is 0 Å². The van der Waals surface area contributed by atoms with Crippen molar-refractivity contribution in [1.82, 2.24) is 15.0 Å². The van der Waals surface area contributed by atoms with Gasteiger partial charge >= 0.3 is 0 Å². The Bertz CT molecular complexity index is 647. The lowest BCUT2D eigenvalue weighted by atomic mass is 9.96. The molecule has 0 N–H and O–H groups in total. The maximum absolute atomic E-state index is 5.43. The number of benzene rings is 1. The van der Waals surface area contributed by atoms with Crippen molar-refractivity contribution in [3.8, 4) is 11.5 Å². The molecule has 1 aromatic carbocycles. The van der Waals surface area contributed by atoms with E-state index in [1.165, 1.54) is 0 Å². The largest absolute Gasteiger partial charge is 0.497 e. The van der Waals surface area contributed by atoms with E-state index < -0.39 is 0 Å². The predicted molar refractivity (Wildman–Crippen MR) is 87.7 cm³/mol. The summed E-state index contributed by atoms with van der Waals surface area (Å²) in [6.45, 7) is 7.48. The van der Waals surface area contributed by atoms with Gasteiger partial charge in [-0.3, -0.25) is 4.90 Å². The second-order valence-electron chi connectivity index (χ2n) is 6.61. The number of methoxy groups -OCH3 is 2. The molecular weight excluding hydrogens is 294 g/mol. The average molecular weight is 319 g/mol. The lowest BCUT2D eigenvalue weighted by molar-refractivity contribution is 0.256. The third-order valence-electron chi connectivity index (χ3n) is 3.48. The van der Waals surface area contributed by atoms with E-state index in [1.54, 1.807) is 14.2 Å². The number of hydrogen-bond acceptors (Lipinski definition) is 6. The molecule has 2 aromatic rings. The zero-order chi connectivity index (χ0) is 17.0. The zero-order valence-corrected chi connectivity index (χ0v) is 14.7. The highest BCUT2D eigenvalue weighted by Gasteiger charge is 2.21. The first-order valence-corrected chi connectivity index (χ1v) is 7.56. The number of rotatable bonds is 6. The van der Waals surface area contributed by atoms with E-state index in [-0.39, 0.29) is 5.41 Å². The quantitative estimate of drug-likeness (QED) is 0.815. The van der Waals surface area contributed by atoms with Crippen LogP contribution in [-0.4, -0.2) is 36.3 Å². The van der Waals surface area contributed by atoms with Gasteiger partial charge in [0, 0.05) is 23.6 Å². The molecule has 126 valence electrons. The van der Waals surface area contributed by atoms with E-state index in [0.717, 1.165) is 22.9 Å². The van der Waals surface area contributed by atoms with Crippen LogP contribution in [0.1, 0.15) is 38.0 Å². The molecular formula is C17H25N3O3. The zero-order valence-electron chi connectivity index (χ0n) is 14.7. The van der Waals surface area contributed by atoms with Gasteiger partial charge in [-0.1, -0.05) is 32.0 Å². The molecule has 0 aliphatic carbocycles. The molecule has 0 radical (unpaired) electrons. The Hall–Kier alpha value is -2.08. The highest BCUT2D eigenvalue weighted by atomic mass is 16.5. The van der Waals surface area contributed by atoms with E-state index in [2.05, 4.69) is 35.8 Å². The van der Waals surface area contributed by atoms with Gasteiger partial charge in [0.25, 0.3) is 0 Å². The first-order chi connectivity index (χ1) is 10.8. The van der Waals surface area contributed by atoms with Crippen molar-refractivity contribution in [3.63, 3.8) is 0 Å². The van der Waals surface area contributed by atoms with Crippen molar-refractivity contribution in [2.24, 2.45) is 0 Å². The Morgan fingerprint density at radius 3 is 2.43 bits per heavy atom. The first kappa shape index (κ1) is 17.3. The monoisotopic (exact) mass is 319 g/mol. The minimum Gasteiger partial charge on any atom is -0.497 e. The summed E-state index contributed by atoms with van der Waals surface area (Å²) in [7, 11) is 5.31. The van der Waals surface area contributed by atoms with Crippen LogP contribution in [0.3, 0.4) is 0 Å². The minimum atomic E-state index is -0.112. The lowest BCUT2D eigenvalue weighted by Crippen LogP contribution is -2.18. The fraction of sp³-hybridized carbons (Fsp3) is 0.529. The number of nitrogens with zero attached hydrogens (tertiary/aromatic N) is 3. The van der Waals surface area contributed by atoms with Crippen LogP contribution in [0.5, 0.6) is 11.5 Å². The molecule has 0 aliphatic heterocycles. The van der Waals surface area contributed by atoms with Crippen molar-refractivity contribution in [2.75, 3.05) is 21.3 Å². The molecule has 0 saturated carbocycles. The predicted octanol–water partition coefficient (Wildman–Crippen LogP) is 3.02. The summed E-state index contributed by atoms with van der Waals surface area (Å²) in [6, 6.07) is 5.81. The van der Waals surface area contributed by atoms with E-state index in [0.29, 0.717) is 19.0 Å². The van der Waals surface area contributed by atoms with Gasteiger partial charge in [0.2, 0.25) is 5.89 Å². The van der Waals surface area contributed by atoms with Crippen LogP contribution in [0.15, 0.2) is 22.7 Å². The maximum Gasteiger partial charge on any atom is 0.240 e. The first-order valence-electron chi connectivity index (χ1n) is 7.56. The molecule has 0 atom stereocenters. The Morgan fingerprint density at radius 1 is 1.13 bits per heavy atom. The summed E-state index contributed by atoms with van der Waals surface area (Å²) in [5, 5.41) is 4.05. The molecule has 0 bridgehead atoms. The van der Waals surface area contributed by atoms with Gasteiger partial charge in [0.15, 0.2) is 5.82 Å². The van der Waals surface area contributed by atoms with Gasteiger partial charge in [-0.05, 0) is 13.1 Å². The highest BCUT2D eigenvalue weighted by molar-refractivity contribution is 5.40. The fourth-order valence-electron chi connectivity index (χ4n) is 2.18. The summed E-state index contributed by atoms with van der Waals surface area (Å²) in [5.74, 6) is 2.92. The molecule has 1 heterocycles. The second-order valence-corrected chi connectivity index (χ2v) is 6.61. The van der Waals surface area contributed by atoms with Crippen LogP contribution in [0.25, 0.3) is 0 Å². The molecule has 23 heavy (non-hydrogen) atoms. The van der Waals surface area contributed by atoms with E-state index in [4.69, 9.17) is 14.0 Å². The number of ether oxygens (including phenoxy) is 2. The molecule has 0 fully saturated rings. The van der Waals surface area contributed by atoms with Crippen molar-refractivity contribution in [1.29, 1.82) is 0 Å². The molecule has 0 unspecified atom stereocenters. The van der Waals surface area contributed by atoms with Crippen molar-refractivity contribution < 1.29 is 14.0 Å². The third kappa shape index (κ3) is 4.45. The van der Waals surface area contributed by atoms with E-state index in [9.17, 15) is 0 Å². The highest BCUT2D eigenvalue weighted by Crippen LogP contribution is 2.26. The number of aromatic nitrogens is 2.